The number of allylic oxidation sites excluding steroid dienone is 1. The molecule has 0 saturated heterocycles. The zero-order valence-corrected chi connectivity index (χ0v) is 6.95. The van der Waals surface area contributed by atoms with Crippen LogP contribution in [0.5, 0.6) is 0 Å². The molecule has 0 heterocycles. The van der Waals surface area contributed by atoms with Crippen LogP contribution in [-0.2, 0) is 14.3 Å². The fourth-order valence-corrected chi connectivity index (χ4v) is 0.636. The molecule has 0 aliphatic rings. The van der Waals surface area contributed by atoms with Crippen LogP contribution in [0.1, 0.15) is 19.8 Å². The highest BCUT2D eigenvalue weighted by atomic mass is 16.5. The topological polar surface area (TPSA) is 63.6 Å². The van der Waals surface area contributed by atoms with Gasteiger partial charge in [0.05, 0.1) is 0 Å². The van der Waals surface area contributed by atoms with Crippen molar-refractivity contribution in [3.05, 3.63) is 11.6 Å². The first-order valence-corrected chi connectivity index (χ1v) is 3.59. The molecular formula is C8H12O4. The molecule has 0 spiro atoms. The van der Waals surface area contributed by atoms with Gasteiger partial charge in [-0.3, -0.25) is 9.59 Å². The summed E-state index contributed by atoms with van der Waals surface area (Å²) in [4.78, 5) is 19.8. The number of rotatable bonds is 6. The highest BCUT2D eigenvalue weighted by Gasteiger charge is 1.96. The maximum atomic E-state index is 10.1. The van der Waals surface area contributed by atoms with E-state index in [2.05, 4.69) is 4.74 Å². The van der Waals surface area contributed by atoms with Gasteiger partial charge in [0.15, 0.2) is 0 Å². The minimum Gasteiger partial charge on any atom is -0.481 e. The van der Waals surface area contributed by atoms with E-state index in [1.54, 1.807) is 13.0 Å². The van der Waals surface area contributed by atoms with Crippen molar-refractivity contribution in [2.75, 3.05) is 6.61 Å². The SMILES string of the molecule is C/C(=C\COC=O)CCC(=O)O. The zero-order valence-electron chi connectivity index (χ0n) is 6.95. The standard InChI is InChI=1S/C8H12O4/c1-7(2-3-8(10)11)4-5-12-6-9/h4,6H,2-3,5H2,1H3,(H,10,11)/b7-4+. The Morgan fingerprint density at radius 3 is 2.67 bits per heavy atom. The van der Waals surface area contributed by atoms with Crippen LogP contribution in [-0.4, -0.2) is 24.2 Å². The van der Waals surface area contributed by atoms with Gasteiger partial charge >= 0.3 is 5.97 Å². The summed E-state index contributed by atoms with van der Waals surface area (Å²) in [6.07, 6.45) is 2.30. The largest absolute Gasteiger partial charge is 0.481 e. The molecule has 4 heteroatoms. The molecule has 0 unspecified atom stereocenters. The summed E-state index contributed by atoms with van der Waals surface area (Å²) in [5.41, 5.74) is 0.916. The first-order chi connectivity index (χ1) is 5.66. The molecule has 0 rings (SSSR count). The van der Waals surface area contributed by atoms with Crippen molar-refractivity contribution in [1.29, 1.82) is 0 Å². The number of hydrogen-bond donors (Lipinski definition) is 1. The molecule has 0 amide bonds. The normalized spacial score (nSPS) is 10.9. The van der Waals surface area contributed by atoms with Gasteiger partial charge in [0, 0.05) is 6.42 Å². The summed E-state index contributed by atoms with van der Waals surface area (Å²) in [5.74, 6) is -0.820. The van der Waals surface area contributed by atoms with Crippen LogP contribution >= 0.6 is 0 Å². The maximum absolute atomic E-state index is 10.1. The average Bonchev–Trinajstić information content (AvgIpc) is 2.01. The Balaban J connectivity index is 3.55. The fourth-order valence-electron chi connectivity index (χ4n) is 0.636. The zero-order chi connectivity index (χ0) is 9.40. The summed E-state index contributed by atoms with van der Waals surface area (Å²) in [6, 6.07) is 0. The first kappa shape index (κ1) is 10.7. The van der Waals surface area contributed by atoms with Gasteiger partial charge in [0.25, 0.3) is 6.47 Å². The number of ether oxygens (including phenoxy) is 1. The molecule has 0 atom stereocenters. The molecule has 0 saturated carbocycles. The van der Waals surface area contributed by atoms with Crippen LogP contribution in [0.25, 0.3) is 0 Å². The molecule has 0 aliphatic heterocycles. The van der Waals surface area contributed by atoms with E-state index in [1.807, 2.05) is 0 Å². The number of aliphatic carboxylic acids is 1. The quantitative estimate of drug-likeness (QED) is 0.368. The molecule has 0 bridgehead atoms. The van der Waals surface area contributed by atoms with Crippen molar-refractivity contribution in [2.24, 2.45) is 0 Å². The molecule has 68 valence electrons. The Hall–Kier alpha value is -1.32. The third-order valence-corrected chi connectivity index (χ3v) is 1.33. The Bertz CT molecular complexity index is 183. The van der Waals surface area contributed by atoms with E-state index in [-0.39, 0.29) is 13.0 Å². The minimum absolute atomic E-state index is 0.115. The van der Waals surface area contributed by atoms with Gasteiger partial charge in [0.2, 0.25) is 0 Å². The lowest BCUT2D eigenvalue weighted by Gasteiger charge is -1.97. The molecule has 0 aromatic heterocycles. The van der Waals surface area contributed by atoms with E-state index in [1.165, 1.54) is 0 Å². The van der Waals surface area contributed by atoms with Gasteiger partial charge in [-0.1, -0.05) is 5.57 Å². The summed E-state index contributed by atoms with van der Waals surface area (Å²) in [6.45, 7) is 2.38. The molecule has 0 radical (unpaired) electrons. The number of carbonyl (C=O) groups excluding carboxylic acids is 1. The van der Waals surface area contributed by atoms with Gasteiger partial charge < -0.3 is 9.84 Å². The lowest BCUT2D eigenvalue weighted by molar-refractivity contribution is -0.137. The van der Waals surface area contributed by atoms with Gasteiger partial charge in [0.1, 0.15) is 6.61 Å². The highest BCUT2D eigenvalue weighted by Crippen LogP contribution is 2.02. The van der Waals surface area contributed by atoms with Crippen molar-refractivity contribution >= 4 is 12.4 Å². The third-order valence-electron chi connectivity index (χ3n) is 1.33. The number of hydrogen-bond acceptors (Lipinski definition) is 3. The fraction of sp³-hybridized carbons (Fsp3) is 0.500. The van der Waals surface area contributed by atoms with E-state index < -0.39 is 5.97 Å². The molecule has 0 aromatic rings. The van der Waals surface area contributed by atoms with Crippen LogP contribution in [0.3, 0.4) is 0 Å². The lowest BCUT2D eigenvalue weighted by atomic mass is 10.1. The Morgan fingerprint density at radius 2 is 2.17 bits per heavy atom. The molecular weight excluding hydrogens is 160 g/mol. The summed E-state index contributed by atoms with van der Waals surface area (Å²) >= 11 is 0. The Morgan fingerprint density at radius 1 is 1.50 bits per heavy atom. The number of carboxylic acids is 1. The van der Waals surface area contributed by atoms with Gasteiger partial charge in [-0.2, -0.15) is 0 Å². The van der Waals surface area contributed by atoms with Gasteiger partial charge in [-0.05, 0) is 19.4 Å². The molecule has 0 aromatic carbocycles. The van der Waals surface area contributed by atoms with E-state index in [0.717, 1.165) is 5.57 Å². The lowest BCUT2D eigenvalue weighted by Crippen LogP contribution is -1.95. The van der Waals surface area contributed by atoms with E-state index in [0.29, 0.717) is 12.9 Å². The van der Waals surface area contributed by atoms with Crippen molar-refractivity contribution in [3.63, 3.8) is 0 Å². The monoisotopic (exact) mass is 172 g/mol. The Labute approximate surface area is 70.8 Å². The molecule has 4 nitrogen and oxygen atoms in total. The van der Waals surface area contributed by atoms with Gasteiger partial charge in [-0.25, -0.2) is 0 Å². The summed E-state index contributed by atoms with van der Waals surface area (Å²) in [7, 11) is 0. The van der Waals surface area contributed by atoms with Crippen molar-refractivity contribution in [2.45, 2.75) is 19.8 Å². The third kappa shape index (κ3) is 6.80. The van der Waals surface area contributed by atoms with Crippen LogP contribution in [0.2, 0.25) is 0 Å². The Kier molecular flexibility index (Phi) is 5.69. The van der Waals surface area contributed by atoms with E-state index in [4.69, 9.17) is 5.11 Å². The highest BCUT2D eigenvalue weighted by molar-refractivity contribution is 5.66. The molecule has 1 N–H and O–H groups in total. The minimum atomic E-state index is -0.820. The van der Waals surface area contributed by atoms with Crippen molar-refractivity contribution in [1.82, 2.24) is 0 Å². The smallest absolute Gasteiger partial charge is 0.303 e. The van der Waals surface area contributed by atoms with E-state index in [9.17, 15) is 9.59 Å². The predicted octanol–water partition coefficient (Wildman–Crippen LogP) is 0.970. The summed E-state index contributed by atoms with van der Waals surface area (Å²) < 4.78 is 4.41. The average molecular weight is 172 g/mol. The maximum Gasteiger partial charge on any atom is 0.303 e. The van der Waals surface area contributed by atoms with E-state index >= 15 is 0 Å². The number of carbonyl (C=O) groups is 2. The predicted molar refractivity (Wildman–Crippen MR) is 42.6 cm³/mol. The molecule has 0 aliphatic carbocycles. The number of carboxylic acid groups (broad SMARTS) is 1. The van der Waals surface area contributed by atoms with Crippen LogP contribution in [0.4, 0.5) is 0 Å². The van der Waals surface area contributed by atoms with Crippen LogP contribution in [0, 0.1) is 0 Å². The van der Waals surface area contributed by atoms with Crippen LogP contribution in [0.15, 0.2) is 11.6 Å². The van der Waals surface area contributed by atoms with Crippen LogP contribution < -0.4 is 0 Å². The second-order valence-corrected chi connectivity index (χ2v) is 2.37. The van der Waals surface area contributed by atoms with Gasteiger partial charge in [-0.15, -0.1) is 0 Å². The summed E-state index contributed by atoms with van der Waals surface area (Å²) in [5, 5.41) is 8.32. The second-order valence-electron chi connectivity index (χ2n) is 2.37. The second kappa shape index (κ2) is 6.39. The molecule has 0 fully saturated rings. The molecule has 12 heavy (non-hydrogen) atoms. The van der Waals surface area contributed by atoms with Crippen molar-refractivity contribution < 1.29 is 19.4 Å². The first-order valence-electron chi connectivity index (χ1n) is 3.59. The van der Waals surface area contributed by atoms with Crippen molar-refractivity contribution in [3.8, 4) is 0 Å².